The highest BCUT2D eigenvalue weighted by Crippen LogP contribution is 2.45. The Morgan fingerprint density at radius 3 is 2.39 bits per heavy atom. The summed E-state index contributed by atoms with van der Waals surface area (Å²) in [4.78, 5) is 11.9. The predicted molar refractivity (Wildman–Crippen MR) is 88.5 cm³/mol. The molecule has 1 saturated carbocycles. The quantitative estimate of drug-likeness (QED) is 0.789. The predicted octanol–water partition coefficient (Wildman–Crippen LogP) is 3.84. The van der Waals surface area contributed by atoms with E-state index in [2.05, 4.69) is 0 Å². The molecule has 0 bridgehead atoms. The second-order valence-corrected chi connectivity index (χ2v) is 5.38. The number of carbonyl (C=O) groups excluding carboxylic acids is 1. The number of fused-ring (bicyclic) bond motifs is 1. The molecule has 5 heteroatoms. The molecule has 5 nitrogen and oxygen atoms in total. The zero-order chi connectivity index (χ0) is 16.8. The minimum Gasteiger partial charge on any atom is -0.493 e. The van der Waals surface area contributed by atoms with Gasteiger partial charge in [-0.2, -0.15) is 0 Å². The Bertz CT molecular complexity index is 587. The fraction of sp³-hybridized carbons (Fsp3) is 0.500. The van der Waals surface area contributed by atoms with Crippen molar-refractivity contribution in [1.82, 2.24) is 0 Å². The fourth-order valence-corrected chi connectivity index (χ4v) is 2.15. The zero-order valence-electron chi connectivity index (χ0n) is 14.2. The smallest absolute Gasteiger partial charge is 0.338 e. The van der Waals surface area contributed by atoms with Crippen LogP contribution in [0.25, 0.3) is 6.08 Å². The maximum atomic E-state index is 11.9. The van der Waals surface area contributed by atoms with Crippen molar-refractivity contribution in [2.75, 3.05) is 21.3 Å². The topological polar surface area (TPSA) is 54.0 Å². The lowest BCUT2D eigenvalue weighted by Crippen LogP contribution is -2.18. The van der Waals surface area contributed by atoms with E-state index in [-0.39, 0.29) is 6.10 Å². The molecular weight excluding hydrogens is 296 g/mol. The Kier molecular flexibility index (Phi) is 5.90. The summed E-state index contributed by atoms with van der Waals surface area (Å²) in [6.45, 7) is 2.02. The normalized spacial score (nSPS) is 17.1. The molecule has 1 atom stereocenters. The molecule has 0 spiro atoms. The van der Waals surface area contributed by atoms with Crippen molar-refractivity contribution in [2.24, 2.45) is 0 Å². The van der Waals surface area contributed by atoms with Crippen LogP contribution in [0.5, 0.6) is 17.2 Å². The molecule has 0 N–H and O–H groups in total. The third-order valence-electron chi connectivity index (χ3n) is 3.57. The molecule has 0 radical (unpaired) electrons. The van der Waals surface area contributed by atoms with Crippen molar-refractivity contribution in [2.45, 2.75) is 38.7 Å². The number of ether oxygens (including phenoxy) is 4. The number of benzene rings is 1. The molecule has 1 heterocycles. The van der Waals surface area contributed by atoms with Gasteiger partial charge in [0.2, 0.25) is 5.75 Å². The molecule has 2 aliphatic rings. The molecule has 0 saturated heterocycles. The van der Waals surface area contributed by atoms with Gasteiger partial charge in [0.05, 0.1) is 26.9 Å². The van der Waals surface area contributed by atoms with Crippen LogP contribution in [0.4, 0.5) is 0 Å². The van der Waals surface area contributed by atoms with Gasteiger partial charge in [0.1, 0.15) is 6.10 Å². The Morgan fingerprint density at radius 1 is 1.22 bits per heavy atom. The first-order valence-electron chi connectivity index (χ1n) is 7.88. The van der Waals surface area contributed by atoms with Crippen molar-refractivity contribution in [3.63, 3.8) is 0 Å². The van der Waals surface area contributed by atoms with Gasteiger partial charge in [-0.25, -0.2) is 4.79 Å². The number of hydrogen-bond acceptors (Lipinski definition) is 5. The minimum atomic E-state index is -0.439. The molecule has 126 valence electrons. The average molecular weight is 320 g/mol. The number of rotatable bonds is 4. The first-order chi connectivity index (χ1) is 11.2. The minimum absolute atomic E-state index is 0.0472. The SMILES string of the molecule is C1CC1.CCC1C=Cc2c(C(=O)OC)cc(OC)c(OC)c2O1. The van der Waals surface area contributed by atoms with Gasteiger partial charge < -0.3 is 18.9 Å². The van der Waals surface area contributed by atoms with E-state index in [4.69, 9.17) is 18.9 Å². The molecular formula is C18H24O5. The first-order valence-corrected chi connectivity index (χ1v) is 7.88. The average Bonchev–Trinajstić information content (AvgIpc) is 3.47. The van der Waals surface area contributed by atoms with Gasteiger partial charge >= 0.3 is 5.97 Å². The highest BCUT2D eigenvalue weighted by molar-refractivity contribution is 5.96. The van der Waals surface area contributed by atoms with E-state index in [1.54, 1.807) is 13.2 Å². The molecule has 1 aliphatic heterocycles. The lowest BCUT2D eigenvalue weighted by atomic mass is 10.0. The highest BCUT2D eigenvalue weighted by Gasteiger charge is 2.27. The Labute approximate surface area is 137 Å². The van der Waals surface area contributed by atoms with Gasteiger partial charge in [0, 0.05) is 5.56 Å². The summed E-state index contributed by atoms with van der Waals surface area (Å²) in [5.41, 5.74) is 1.05. The summed E-state index contributed by atoms with van der Waals surface area (Å²) >= 11 is 0. The van der Waals surface area contributed by atoms with Gasteiger partial charge in [0.25, 0.3) is 0 Å². The number of carbonyl (C=O) groups is 1. The van der Waals surface area contributed by atoms with Crippen molar-refractivity contribution >= 4 is 12.0 Å². The first kappa shape index (κ1) is 17.2. The van der Waals surface area contributed by atoms with Crippen LogP contribution >= 0.6 is 0 Å². The summed E-state index contributed by atoms with van der Waals surface area (Å²) in [5.74, 6) is 1.00. The standard InChI is InChI=1S/C15H18O5.C3H6/c1-5-9-6-7-10-11(15(16)19-4)8-12(17-2)14(18-3)13(10)20-9;1-2-3-1/h6-9H,5H2,1-4H3;1-3H2. The van der Waals surface area contributed by atoms with Crippen LogP contribution in [0.2, 0.25) is 0 Å². The summed E-state index contributed by atoms with van der Waals surface area (Å²) in [5, 5.41) is 0. The summed E-state index contributed by atoms with van der Waals surface area (Å²) in [7, 11) is 4.40. The van der Waals surface area contributed by atoms with E-state index in [0.29, 0.717) is 28.4 Å². The van der Waals surface area contributed by atoms with E-state index in [0.717, 1.165) is 6.42 Å². The van der Waals surface area contributed by atoms with Crippen LogP contribution in [0.15, 0.2) is 12.1 Å². The number of methoxy groups -OCH3 is 3. The van der Waals surface area contributed by atoms with E-state index < -0.39 is 5.97 Å². The van der Waals surface area contributed by atoms with E-state index in [1.807, 2.05) is 19.1 Å². The second-order valence-electron chi connectivity index (χ2n) is 5.38. The molecule has 0 amide bonds. The second kappa shape index (κ2) is 7.90. The largest absolute Gasteiger partial charge is 0.493 e. The van der Waals surface area contributed by atoms with Gasteiger partial charge in [0.15, 0.2) is 11.5 Å². The Hall–Kier alpha value is -2.17. The zero-order valence-corrected chi connectivity index (χ0v) is 14.2. The third-order valence-corrected chi connectivity index (χ3v) is 3.57. The van der Waals surface area contributed by atoms with Crippen LogP contribution in [0.3, 0.4) is 0 Å². The Morgan fingerprint density at radius 2 is 1.91 bits per heavy atom. The van der Waals surface area contributed by atoms with Gasteiger partial charge in [-0.15, -0.1) is 0 Å². The van der Waals surface area contributed by atoms with Gasteiger partial charge in [-0.3, -0.25) is 0 Å². The fourth-order valence-electron chi connectivity index (χ4n) is 2.15. The van der Waals surface area contributed by atoms with E-state index in [1.165, 1.54) is 33.5 Å². The maximum absolute atomic E-state index is 11.9. The number of hydrogen-bond donors (Lipinski definition) is 0. The van der Waals surface area contributed by atoms with E-state index in [9.17, 15) is 4.79 Å². The van der Waals surface area contributed by atoms with Crippen LogP contribution in [-0.4, -0.2) is 33.4 Å². The third kappa shape index (κ3) is 3.97. The summed E-state index contributed by atoms with van der Waals surface area (Å²) in [6.07, 6.45) is 9.06. The Balaban J connectivity index is 0.000000572. The molecule has 1 fully saturated rings. The molecule has 23 heavy (non-hydrogen) atoms. The lowest BCUT2D eigenvalue weighted by molar-refractivity contribution is 0.0599. The summed E-state index contributed by atoms with van der Waals surface area (Å²) in [6, 6.07) is 1.60. The molecule has 3 rings (SSSR count). The van der Waals surface area contributed by atoms with Crippen LogP contribution in [0.1, 0.15) is 48.5 Å². The van der Waals surface area contributed by atoms with E-state index >= 15 is 0 Å². The van der Waals surface area contributed by atoms with Crippen molar-refractivity contribution in [3.05, 3.63) is 23.3 Å². The van der Waals surface area contributed by atoms with Crippen LogP contribution in [-0.2, 0) is 4.74 Å². The lowest BCUT2D eigenvalue weighted by Gasteiger charge is -2.24. The molecule has 1 unspecified atom stereocenters. The van der Waals surface area contributed by atoms with Crippen LogP contribution < -0.4 is 14.2 Å². The van der Waals surface area contributed by atoms with Crippen molar-refractivity contribution in [3.8, 4) is 17.2 Å². The summed E-state index contributed by atoms with van der Waals surface area (Å²) < 4.78 is 21.3. The van der Waals surface area contributed by atoms with Gasteiger partial charge in [-0.05, 0) is 18.6 Å². The van der Waals surface area contributed by atoms with Crippen molar-refractivity contribution in [1.29, 1.82) is 0 Å². The highest BCUT2D eigenvalue weighted by atomic mass is 16.5. The molecule has 1 aliphatic carbocycles. The van der Waals surface area contributed by atoms with Gasteiger partial charge in [-0.1, -0.05) is 32.3 Å². The molecule has 1 aromatic rings. The van der Waals surface area contributed by atoms with Crippen molar-refractivity contribution < 1.29 is 23.7 Å². The van der Waals surface area contributed by atoms with Crippen LogP contribution in [0, 0.1) is 0 Å². The molecule has 1 aromatic carbocycles. The molecule has 0 aromatic heterocycles. The monoisotopic (exact) mass is 320 g/mol. The maximum Gasteiger partial charge on any atom is 0.338 e. The number of esters is 1.